The standard InChI is InChI=1S/C16H19N/c1-12-3-6-16(11-13(12)2)15-7-4-14(5-8-15)9-10-17/h3-8,11H,9-10,17H2,1-2H3. The summed E-state index contributed by atoms with van der Waals surface area (Å²) in [6.07, 6.45) is 0.952. The molecule has 0 amide bonds. The Morgan fingerprint density at radius 2 is 1.47 bits per heavy atom. The SMILES string of the molecule is Cc1ccc(-c2ccc(CCN)cc2)cc1C. The Labute approximate surface area is 103 Å². The van der Waals surface area contributed by atoms with Gasteiger partial charge in [0, 0.05) is 0 Å². The number of rotatable bonds is 3. The van der Waals surface area contributed by atoms with Gasteiger partial charge in [0.05, 0.1) is 0 Å². The van der Waals surface area contributed by atoms with Gasteiger partial charge >= 0.3 is 0 Å². The molecule has 0 bridgehead atoms. The molecule has 0 saturated heterocycles. The second-order valence-corrected chi connectivity index (χ2v) is 4.53. The minimum atomic E-state index is 0.711. The zero-order chi connectivity index (χ0) is 12.3. The summed E-state index contributed by atoms with van der Waals surface area (Å²) in [5.41, 5.74) is 12.1. The molecule has 0 atom stereocenters. The highest BCUT2D eigenvalue weighted by Gasteiger charge is 2.00. The van der Waals surface area contributed by atoms with E-state index in [0.29, 0.717) is 6.54 Å². The Bertz CT molecular complexity index is 497. The Balaban J connectivity index is 2.30. The molecule has 2 aromatic carbocycles. The Kier molecular flexibility index (Phi) is 3.60. The van der Waals surface area contributed by atoms with Crippen molar-refractivity contribution in [1.29, 1.82) is 0 Å². The van der Waals surface area contributed by atoms with Crippen molar-refractivity contribution in [3.05, 3.63) is 59.2 Å². The number of nitrogens with two attached hydrogens (primary N) is 1. The lowest BCUT2D eigenvalue weighted by molar-refractivity contribution is 0.969. The Morgan fingerprint density at radius 3 is 2.06 bits per heavy atom. The van der Waals surface area contributed by atoms with Crippen LogP contribution in [0.1, 0.15) is 16.7 Å². The van der Waals surface area contributed by atoms with Gasteiger partial charge in [-0.15, -0.1) is 0 Å². The van der Waals surface area contributed by atoms with Crippen LogP contribution in [0.4, 0.5) is 0 Å². The molecule has 0 aliphatic rings. The highest BCUT2D eigenvalue weighted by Crippen LogP contribution is 2.22. The van der Waals surface area contributed by atoms with Gasteiger partial charge < -0.3 is 5.73 Å². The van der Waals surface area contributed by atoms with Crippen molar-refractivity contribution >= 4 is 0 Å². The molecule has 0 spiro atoms. The molecular weight excluding hydrogens is 206 g/mol. The van der Waals surface area contributed by atoms with Gasteiger partial charge in [-0.05, 0) is 54.6 Å². The fraction of sp³-hybridized carbons (Fsp3) is 0.250. The van der Waals surface area contributed by atoms with Crippen molar-refractivity contribution in [2.24, 2.45) is 5.73 Å². The summed E-state index contributed by atoms with van der Waals surface area (Å²) in [5.74, 6) is 0. The zero-order valence-electron chi connectivity index (χ0n) is 10.5. The molecule has 1 heteroatoms. The van der Waals surface area contributed by atoms with Crippen LogP contribution >= 0.6 is 0 Å². The number of hydrogen-bond acceptors (Lipinski definition) is 1. The third-order valence-corrected chi connectivity index (χ3v) is 3.23. The molecule has 0 aromatic heterocycles. The van der Waals surface area contributed by atoms with Gasteiger partial charge in [-0.1, -0.05) is 42.5 Å². The van der Waals surface area contributed by atoms with E-state index in [2.05, 4.69) is 56.3 Å². The maximum Gasteiger partial charge on any atom is -0.00367 e. The largest absolute Gasteiger partial charge is 0.330 e. The van der Waals surface area contributed by atoms with Crippen molar-refractivity contribution in [3.63, 3.8) is 0 Å². The molecule has 0 aliphatic heterocycles. The Morgan fingerprint density at radius 1 is 0.824 bits per heavy atom. The van der Waals surface area contributed by atoms with E-state index in [1.807, 2.05) is 0 Å². The van der Waals surface area contributed by atoms with E-state index >= 15 is 0 Å². The first-order valence-corrected chi connectivity index (χ1v) is 6.07. The number of benzene rings is 2. The van der Waals surface area contributed by atoms with Crippen LogP contribution in [0.15, 0.2) is 42.5 Å². The minimum Gasteiger partial charge on any atom is -0.330 e. The topological polar surface area (TPSA) is 26.0 Å². The van der Waals surface area contributed by atoms with Gasteiger partial charge in [-0.3, -0.25) is 0 Å². The molecule has 1 nitrogen and oxygen atoms in total. The molecule has 0 fully saturated rings. The first-order valence-electron chi connectivity index (χ1n) is 6.07. The van der Waals surface area contributed by atoms with E-state index < -0.39 is 0 Å². The molecule has 0 aliphatic carbocycles. The van der Waals surface area contributed by atoms with E-state index in [1.165, 1.54) is 27.8 Å². The summed E-state index contributed by atoms with van der Waals surface area (Å²) in [7, 11) is 0. The number of hydrogen-bond donors (Lipinski definition) is 1. The molecule has 88 valence electrons. The fourth-order valence-corrected chi connectivity index (χ4v) is 1.95. The summed E-state index contributed by atoms with van der Waals surface area (Å²) in [6, 6.07) is 15.3. The average Bonchev–Trinajstić information content (AvgIpc) is 2.34. The van der Waals surface area contributed by atoms with Crippen molar-refractivity contribution in [1.82, 2.24) is 0 Å². The second-order valence-electron chi connectivity index (χ2n) is 4.53. The quantitative estimate of drug-likeness (QED) is 0.850. The smallest absolute Gasteiger partial charge is 0.00367 e. The molecular formula is C16H19N. The monoisotopic (exact) mass is 225 g/mol. The molecule has 2 N–H and O–H groups in total. The van der Waals surface area contributed by atoms with Crippen molar-refractivity contribution in [3.8, 4) is 11.1 Å². The molecule has 2 aromatic rings. The molecule has 0 heterocycles. The summed E-state index contributed by atoms with van der Waals surface area (Å²) >= 11 is 0. The van der Waals surface area contributed by atoms with Crippen LogP contribution in [0.2, 0.25) is 0 Å². The van der Waals surface area contributed by atoms with Crippen LogP contribution in [-0.2, 0) is 6.42 Å². The first kappa shape index (κ1) is 11.9. The molecule has 0 unspecified atom stereocenters. The molecule has 17 heavy (non-hydrogen) atoms. The fourth-order valence-electron chi connectivity index (χ4n) is 1.95. The van der Waals surface area contributed by atoms with Gasteiger partial charge in [-0.25, -0.2) is 0 Å². The highest BCUT2D eigenvalue weighted by molar-refractivity contribution is 5.65. The minimum absolute atomic E-state index is 0.711. The van der Waals surface area contributed by atoms with Crippen molar-refractivity contribution < 1.29 is 0 Å². The molecule has 0 saturated carbocycles. The normalized spacial score (nSPS) is 10.5. The average molecular weight is 225 g/mol. The zero-order valence-corrected chi connectivity index (χ0v) is 10.5. The van der Waals surface area contributed by atoms with Crippen LogP contribution < -0.4 is 5.73 Å². The maximum atomic E-state index is 5.55. The second kappa shape index (κ2) is 5.15. The van der Waals surface area contributed by atoms with E-state index in [4.69, 9.17) is 5.73 Å². The van der Waals surface area contributed by atoms with Crippen molar-refractivity contribution in [2.45, 2.75) is 20.3 Å². The van der Waals surface area contributed by atoms with Gasteiger partial charge in [0.25, 0.3) is 0 Å². The van der Waals surface area contributed by atoms with E-state index in [9.17, 15) is 0 Å². The van der Waals surface area contributed by atoms with Crippen LogP contribution in [0, 0.1) is 13.8 Å². The third-order valence-electron chi connectivity index (χ3n) is 3.23. The summed E-state index contributed by atoms with van der Waals surface area (Å²) < 4.78 is 0. The lowest BCUT2D eigenvalue weighted by atomic mass is 9.99. The first-order chi connectivity index (χ1) is 8.20. The van der Waals surface area contributed by atoms with E-state index in [-0.39, 0.29) is 0 Å². The highest BCUT2D eigenvalue weighted by atomic mass is 14.5. The van der Waals surface area contributed by atoms with Crippen LogP contribution in [0.3, 0.4) is 0 Å². The number of aryl methyl sites for hydroxylation is 2. The van der Waals surface area contributed by atoms with Gasteiger partial charge in [-0.2, -0.15) is 0 Å². The lowest BCUT2D eigenvalue weighted by Crippen LogP contribution is -2.02. The molecule has 2 rings (SSSR count). The lowest BCUT2D eigenvalue weighted by Gasteiger charge is -2.06. The van der Waals surface area contributed by atoms with E-state index in [0.717, 1.165) is 6.42 Å². The summed E-state index contributed by atoms with van der Waals surface area (Å²) in [5, 5.41) is 0. The van der Waals surface area contributed by atoms with Crippen LogP contribution in [0.25, 0.3) is 11.1 Å². The summed E-state index contributed by atoms with van der Waals surface area (Å²) in [4.78, 5) is 0. The Hall–Kier alpha value is -1.60. The van der Waals surface area contributed by atoms with Crippen LogP contribution in [0.5, 0.6) is 0 Å². The van der Waals surface area contributed by atoms with E-state index in [1.54, 1.807) is 0 Å². The van der Waals surface area contributed by atoms with Crippen LogP contribution in [-0.4, -0.2) is 6.54 Å². The van der Waals surface area contributed by atoms with Crippen molar-refractivity contribution in [2.75, 3.05) is 6.54 Å². The van der Waals surface area contributed by atoms with Gasteiger partial charge in [0.2, 0.25) is 0 Å². The predicted molar refractivity (Wildman–Crippen MR) is 74.1 cm³/mol. The predicted octanol–water partition coefficient (Wildman–Crippen LogP) is 3.47. The third kappa shape index (κ3) is 2.75. The van der Waals surface area contributed by atoms with Gasteiger partial charge in [0.1, 0.15) is 0 Å². The summed E-state index contributed by atoms with van der Waals surface area (Å²) in [6.45, 7) is 5.01. The molecule has 0 radical (unpaired) electrons. The maximum absolute atomic E-state index is 5.55. The van der Waals surface area contributed by atoms with Gasteiger partial charge in [0.15, 0.2) is 0 Å².